The van der Waals surface area contributed by atoms with Crippen molar-refractivity contribution in [3.63, 3.8) is 0 Å². The zero-order valence-electron chi connectivity index (χ0n) is 15.5. The van der Waals surface area contributed by atoms with Crippen LogP contribution < -0.4 is 55.5 Å². The Morgan fingerprint density at radius 2 is 0.567 bits per heavy atom. The maximum absolute atomic E-state index is 9.64. The van der Waals surface area contributed by atoms with Crippen LogP contribution in [0.4, 0.5) is 0 Å². The topological polar surface area (TPSA) is 301 Å². The molecular formula is C12H19CrKO16. The monoisotopic (exact) mass is 510 g/mol. The van der Waals surface area contributed by atoms with E-state index in [4.69, 9.17) is 46.6 Å². The third-order valence-electron chi connectivity index (χ3n) is 1.66. The Bertz CT molecular complexity index is 539. The fourth-order valence-corrected chi connectivity index (χ4v) is 0.642. The summed E-state index contributed by atoms with van der Waals surface area (Å²) in [5.74, 6) is -6.46. The molecule has 0 atom stereocenters. The van der Waals surface area contributed by atoms with Crippen molar-refractivity contribution in [1.82, 2.24) is 0 Å². The van der Waals surface area contributed by atoms with E-state index in [1.54, 1.807) is 0 Å². The van der Waals surface area contributed by atoms with Crippen molar-refractivity contribution in [2.45, 2.75) is 38.5 Å². The first-order valence-electron chi connectivity index (χ1n) is 6.87. The van der Waals surface area contributed by atoms with Crippen LogP contribution in [0, 0.1) is 0 Å². The van der Waals surface area contributed by atoms with E-state index in [-0.39, 0.29) is 89.9 Å². The van der Waals surface area contributed by atoms with Crippen molar-refractivity contribution < 1.29 is 140 Å². The second kappa shape index (κ2) is 23.8. The molecule has 30 heavy (non-hydrogen) atoms. The molecular weight excluding hydrogens is 491 g/mol. The van der Waals surface area contributed by atoms with Crippen molar-refractivity contribution in [3.05, 3.63) is 0 Å². The van der Waals surface area contributed by atoms with Gasteiger partial charge in [0, 0.05) is 0 Å². The molecule has 0 aliphatic heterocycles. The quantitative estimate of drug-likeness (QED) is 0.143. The summed E-state index contributed by atoms with van der Waals surface area (Å²) in [6.45, 7) is 0. The zero-order valence-corrected chi connectivity index (χ0v) is 19.9. The van der Waals surface area contributed by atoms with Gasteiger partial charge in [-0.1, -0.05) is 0 Å². The summed E-state index contributed by atoms with van der Waals surface area (Å²) in [7, 11) is 0. The molecule has 0 heterocycles. The average Bonchev–Trinajstić information content (AvgIpc) is 2.48. The van der Waals surface area contributed by atoms with E-state index in [0.717, 1.165) is 0 Å². The molecule has 7 N–H and O–H groups in total. The molecule has 0 radical (unpaired) electrons. The van der Waals surface area contributed by atoms with Gasteiger partial charge in [-0.3, -0.25) is 28.8 Å². The van der Waals surface area contributed by atoms with Crippen molar-refractivity contribution in [2.75, 3.05) is 0 Å². The molecule has 0 aromatic rings. The van der Waals surface area contributed by atoms with Crippen LogP contribution in [0.5, 0.6) is 0 Å². The Kier molecular flexibility index (Phi) is 30.9. The summed E-state index contributed by atoms with van der Waals surface area (Å²) in [4.78, 5) is 57.8. The first-order valence-corrected chi connectivity index (χ1v) is 9.00. The molecule has 0 aromatic heterocycles. The van der Waals surface area contributed by atoms with E-state index in [1.165, 1.54) is 0 Å². The van der Waals surface area contributed by atoms with Gasteiger partial charge in [0.05, 0.1) is 38.5 Å². The molecule has 0 aromatic carbocycles. The maximum atomic E-state index is 9.64. The Hall–Kier alpha value is -1.49. The van der Waals surface area contributed by atoms with E-state index in [9.17, 15) is 28.8 Å². The molecule has 0 unspecified atom stereocenters. The van der Waals surface area contributed by atoms with Crippen molar-refractivity contribution in [3.8, 4) is 0 Å². The molecule has 18 heteroatoms. The van der Waals surface area contributed by atoms with Gasteiger partial charge in [-0.05, 0) is 0 Å². The first-order chi connectivity index (χ1) is 12.9. The van der Waals surface area contributed by atoms with Gasteiger partial charge >= 0.3 is 117 Å². The van der Waals surface area contributed by atoms with Crippen molar-refractivity contribution in [2.24, 2.45) is 0 Å². The third kappa shape index (κ3) is 94.5. The molecule has 0 aliphatic rings. The molecule has 0 aliphatic carbocycles. The number of rotatable bonds is 9. The molecule has 16 nitrogen and oxygen atoms in total. The van der Waals surface area contributed by atoms with Gasteiger partial charge in [-0.15, -0.1) is 0 Å². The van der Waals surface area contributed by atoms with Crippen LogP contribution in [0.1, 0.15) is 38.5 Å². The number of hydrogen-bond donors (Lipinski definition) is 7. The molecule has 0 saturated heterocycles. The molecule has 0 saturated carbocycles. The minimum atomic E-state index is -5.50. The molecule has 170 valence electrons. The molecule has 0 rings (SSSR count). The predicted octanol–water partition coefficient (Wildman–Crippen LogP) is -5.17. The van der Waals surface area contributed by atoms with E-state index < -0.39 is 49.4 Å². The van der Waals surface area contributed by atoms with Crippen LogP contribution >= 0.6 is 0 Å². The van der Waals surface area contributed by atoms with Crippen LogP contribution in [0.15, 0.2) is 0 Å². The normalized spacial score (nSPS) is 8.73. The molecule has 0 fully saturated rings. The van der Waals surface area contributed by atoms with Gasteiger partial charge in [0.1, 0.15) is 0 Å². The second-order valence-electron chi connectivity index (χ2n) is 4.29. The van der Waals surface area contributed by atoms with Crippen LogP contribution in [-0.2, 0) is 50.0 Å². The number of aliphatic carboxylic acids is 6. The van der Waals surface area contributed by atoms with Crippen molar-refractivity contribution >= 4 is 35.8 Å². The van der Waals surface area contributed by atoms with Gasteiger partial charge in [0.2, 0.25) is 0 Å². The zero-order chi connectivity index (χ0) is 24.2. The fourth-order valence-electron chi connectivity index (χ4n) is 0.642. The standard InChI is InChI=1S/3C4H6O4.Cr.K.H2O.3O/c3*5-3(6)1-2-4(7)8;;;;;;/h3*1-2H2,(H,5,6)(H,7,8);;;1H2;;;/q;;;2*+1;;;;-1/p-1. The first kappa shape index (κ1) is 39.0. The average molecular weight is 510 g/mol. The van der Waals surface area contributed by atoms with Crippen LogP contribution in [0.2, 0.25) is 0 Å². The SMILES string of the molecule is O=C(O)CCC(=O)O.O=C(O)CCC(=O)O.O=C(O)CCC(=O)O.[K+].[O]=[Cr](=[O])([O-])[OH]. The van der Waals surface area contributed by atoms with Gasteiger partial charge in [0.15, 0.2) is 0 Å². The Balaban J connectivity index is -0.0000000929. The predicted molar refractivity (Wildman–Crippen MR) is 77.1 cm³/mol. The summed E-state index contributed by atoms with van der Waals surface area (Å²) in [5.41, 5.74) is 0. The van der Waals surface area contributed by atoms with Crippen molar-refractivity contribution in [1.29, 1.82) is 0 Å². The fraction of sp³-hybridized carbons (Fsp3) is 0.500. The molecule has 0 spiro atoms. The summed E-state index contributed by atoms with van der Waals surface area (Å²) < 4.78 is 33.1. The number of carboxylic acids is 6. The molecule has 0 bridgehead atoms. The summed E-state index contributed by atoms with van der Waals surface area (Å²) in [6, 6.07) is 0. The van der Waals surface area contributed by atoms with E-state index in [1.807, 2.05) is 0 Å². The van der Waals surface area contributed by atoms with Crippen LogP contribution in [0.3, 0.4) is 0 Å². The summed E-state index contributed by atoms with van der Waals surface area (Å²) >= 11 is -5.50. The third-order valence-corrected chi connectivity index (χ3v) is 1.66. The van der Waals surface area contributed by atoms with E-state index in [2.05, 4.69) is 0 Å². The second-order valence-corrected chi connectivity index (χ2v) is 5.63. The van der Waals surface area contributed by atoms with Gasteiger partial charge in [0.25, 0.3) is 0 Å². The van der Waals surface area contributed by atoms with Crippen LogP contribution in [-0.4, -0.2) is 70.6 Å². The number of carboxylic acid groups (broad SMARTS) is 6. The van der Waals surface area contributed by atoms with E-state index in [0.29, 0.717) is 0 Å². The molecule has 0 amide bonds. The Morgan fingerprint density at radius 1 is 0.500 bits per heavy atom. The number of hydrogen-bond acceptors (Lipinski definition) is 9. The summed E-state index contributed by atoms with van der Waals surface area (Å²) in [6.07, 6.45) is -1.78. The minimum absolute atomic E-state index is 0. The Morgan fingerprint density at radius 3 is 0.600 bits per heavy atom. The van der Waals surface area contributed by atoms with E-state index >= 15 is 0 Å². The van der Waals surface area contributed by atoms with Crippen LogP contribution in [0.25, 0.3) is 0 Å². The van der Waals surface area contributed by atoms with Gasteiger partial charge in [-0.25, -0.2) is 0 Å². The summed E-state index contributed by atoms with van der Waals surface area (Å²) in [5, 5.41) is 47.4. The number of carbonyl (C=O) groups is 6. The Labute approximate surface area is 212 Å². The van der Waals surface area contributed by atoms with Gasteiger partial charge in [-0.2, -0.15) is 0 Å². The van der Waals surface area contributed by atoms with Gasteiger partial charge < -0.3 is 30.6 Å².